The summed E-state index contributed by atoms with van der Waals surface area (Å²) in [5, 5.41) is 22.9. The zero-order valence-electron chi connectivity index (χ0n) is 18.9. The minimum absolute atomic E-state index is 0.0657. The van der Waals surface area contributed by atoms with Crippen LogP contribution in [0.2, 0.25) is 18.1 Å². The maximum Gasteiger partial charge on any atom is 0.192 e. The molecule has 0 radical (unpaired) electrons. The van der Waals surface area contributed by atoms with Crippen molar-refractivity contribution in [3.05, 3.63) is 12.7 Å². The fourth-order valence-corrected chi connectivity index (χ4v) is 6.09. The molecule has 158 valence electrons. The lowest BCUT2D eigenvalue weighted by Gasteiger charge is -2.64. The maximum atomic E-state index is 11.5. The number of ether oxygens (including phenoxy) is 1. The van der Waals surface area contributed by atoms with Gasteiger partial charge in [0.1, 0.15) is 0 Å². The number of hydrogen-bond acceptors (Lipinski definition) is 4. The molecular weight excluding hydrogens is 356 g/mol. The summed E-state index contributed by atoms with van der Waals surface area (Å²) in [5.74, 6) is -0.159. The Balaban J connectivity index is 2.41. The molecule has 5 heteroatoms. The first-order valence-corrected chi connectivity index (χ1v) is 13.3. The van der Waals surface area contributed by atoms with Gasteiger partial charge in [-0.25, -0.2) is 0 Å². The second-order valence-electron chi connectivity index (χ2n) is 11.6. The van der Waals surface area contributed by atoms with Gasteiger partial charge in [0.05, 0.1) is 29.5 Å². The normalized spacial score (nSPS) is 40.3. The molecule has 0 saturated heterocycles. The Morgan fingerprint density at radius 1 is 1.19 bits per heavy atom. The fourth-order valence-electron chi connectivity index (χ4n) is 4.73. The quantitative estimate of drug-likeness (QED) is 0.522. The molecule has 0 aromatic carbocycles. The van der Waals surface area contributed by atoms with Crippen LogP contribution in [-0.2, 0) is 9.16 Å². The molecule has 0 unspecified atom stereocenters. The van der Waals surface area contributed by atoms with Gasteiger partial charge < -0.3 is 19.4 Å². The van der Waals surface area contributed by atoms with Crippen LogP contribution in [0.15, 0.2) is 12.7 Å². The Morgan fingerprint density at radius 2 is 1.74 bits per heavy atom. The first kappa shape index (κ1) is 23.1. The lowest BCUT2D eigenvalue weighted by atomic mass is 9.50. The van der Waals surface area contributed by atoms with Gasteiger partial charge in [0, 0.05) is 11.3 Å². The average Bonchev–Trinajstić information content (AvgIpc) is 2.44. The van der Waals surface area contributed by atoms with Gasteiger partial charge in [0.2, 0.25) is 0 Å². The molecule has 0 spiro atoms. The molecule has 3 aliphatic carbocycles. The van der Waals surface area contributed by atoms with E-state index in [2.05, 4.69) is 47.4 Å². The van der Waals surface area contributed by atoms with Gasteiger partial charge in [-0.05, 0) is 58.2 Å². The molecular formula is C22H42O4Si. The average molecular weight is 399 g/mol. The Bertz CT molecular complexity index is 562. The van der Waals surface area contributed by atoms with Crippen LogP contribution in [0, 0.1) is 11.3 Å². The second-order valence-corrected chi connectivity index (χ2v) is 16.3. The number of hydrogen-bond donors (Lipinski definition) is 2. The van der Waals surface area contributed by atoms with Crippen LogP contribution < -0.4 is 0 Å². The number of fused-ring (bicyclic) bond motifs is 3. The zero-order chi connectivity index (χ0) is 21.1. The van der Waals surface area contributed by atoms with E-state index in [4.69, 9.17) is 9.16 Å². The molecule has 0 aliphatic heterocycles. The van der Waals surface area contributed by atoms with E-state index in [-0.39, 0.29) is 28.8 Å². The van der Waals surface area contributed by atoms with Gasteiger partial charge in [0.15, 0.2) is 8.32 Å². The Hall–Kier alpha value is -0.203. The third-order valence-electron chi connectivity index (χ3n) is 7.25. The van der Waals surface area contributed by atoms with Gasteiger partial charge in [-0.15, -0.1) is 6.58 Å². The lowest BCUT2D eigenvalue weighted by molar-refractivity contribution is -0.298. The van der Waals surface area contributed by atoms with Crippen molar-refractivity contribution in [3.8, 4) is 0 Å². The first-order chi connectivity index (χ1) is 12.0. The van der Waals surface area contributed by atoms with Crippen molar-refractivity contribution in [2.45, 2.75) is 115 Å². The van der Waals surface area contributed by atoms with Crippen molar-refractivity contribution in [2.75, 3.05) is 0 Å². The zero-order valence-corrected chi connectivity index (χ0v) is 19.9. The minimum Gasteiger partial charge on any atom is -0.414 e. The highest BCUT2D eigenvalue weighted by Crippen LogP contribution is 2.59. The highest BCUT2D eigenvalue weighted by Gasteiger charge is 2.67. The molecule has 0 aromatic rings. The van der Waals surface area contributed by atoms with Crippen molar-refractivity contribution in [1.82, 2.24) is 0 Å². The summed E-state index contributed by atoms with van der Waals surface area (Å²) in [7, 11) is -2.00. The second kappa shape index (κ2) is 6.94. The van der Waals surface area contributed by atoms with Crippen LogP contribution in [0.3, 0.4) is 0 Å². The summed E-state index contributed by atoms with van der Waals surface area (Å²) >= 11 is 0. The van der Waals surface area contributed by atoms with Crippen molar-refractivity contribution < 1.29 is 19.4 Å². The van der Waals surface area contributed by atoms with Gasteiger partial charge in [-0.1, -0.05) is 33.8 Å². The maximum absolute atomic E-state index is 11.5. The minimum atomic E-state index is -2.00. The van der Waals surface area contributed by atoms with Gasteiger partial charge >= 0.3 is 0 Å². The Kier molecular flexibility index (Phi) is 5.94. The van der Waals surface area contributed by atoms with Crippen LogP contribution in [0.1, 0.15) is 67.7 Å². The Labute approximate surface area is 167 Å². The molecule has 2 N–H and O–H groups in total. The van der Waals surface area contributed by atoms with E-state index < -0.39 is 25.4 Å². The third-order valence-corrected chi connectivity index (χ3v) is 11.8. The molecule has 0 aromatic heterocycles. The fraction of sp³-hybridized carbons (Fsp3) is 0.909. The van der Waals surface area contributed by atoms with E-state index in [9.17, 15) is 10.2 Å². The standard InChI is InChI=1S/C22H42O4Si/c1-11-12-22(24)15-13-17(25-19(2,3)4)21(8,18(22)23)14-16(15)26-27(9,10)20(5,6)7/h11,15-18,23-24H,1,12-14H2,2-10H3/t15-,16+,17+,18-,21-,22+/m1/s1. The summed E-state index contributed by atoms with van der Waals surface area (Å²) in [4.78, 5) is 0. The van der Waals surface area contributed by atoms with E-state index in [1.807, 2.05) is 20.8 Å². The molecule has 6 atom stereocenters. The van der Waals surface area contributed by atoms with Crippen LogP contribution in [-0.4, -0.2) is 48.0 Å². The SMILES string of the molecule is C=CC[C@]1(O)[C@@H]2C[C@H](OC(C)(C)C)[C@@](C)(C[C@@H]2O[Si](C)(C)C(C)(C)C)[C@H]1O. The van der Waals surface area contributed by atoms with Gasteiger partial charge in [0.25, 0.3) is 0 Å². The predicted molar refractivity (Wildman–Crippen MR) is 113 cm³/mol. The summed E-state index contributed by atoms with van der Waals surface area (Å²) in [6, 6.07) is 0. The summed E-state index contributed by atoms with van der Waals surface area (Å²) in [6.45, 7) is 23.2. The van der Waals surface area contributed by atoms with Crippen LogP contribution in [0.25, 0.3) is 0 Å². The predicted octanol–water partition coefficient (Wildman–Crippen LogP) is 4.66. The molecule has 4 nitrogen and oxygen atoms in total. The topological polar surface area (TPSA) is 58.9 Å². The molecule has 3 aliphatic rings. The Morgan fingerprint density at radius 3 is 2.19 bits per heavy atom. The molecule has 3 fully saturated rings. The van der Waals surface area contributed by atoms with Crippen LogP contribution in [0.4, 0.5) is 0 Å². The van der Waals surface area contributed by atoms with Gasteiger partial charge in [-0.3, -0.25) is 0 Å². The molecule has 3 saturated carbocycles. The summed E-state index contributed by atoms with van der Waals surface area (Å²) in [6.07, 6.45) is 2.49. The number of aliphatic hydroxyl groups excluding tert-OH is 1. The molecule has 2 bridgehead atoms. The lowest BCUT2D eigenvalue weighted by Crippen LogP contribution is -2.73. The molecule has 3 rings (SSSR count). The van der Waals surface area contributed by atoms with Crippen molar-refractivity contribution in [3.63, 3.8) is 0 Å². The smallest absolute Gasteiger partial charge is 0.192 e. The molecule has 27 heavy (non-hydrogen) atoms. The monoisotopic (exact) mass is 398 g/mol. The van der Waals surface area contributed by atoms with E-state index in [1.165, 1.54) is 0 Å². The highest BCUT2D eigenvalue weighted by atomic mass is 28.4. The highest BCUT2D eigenvalue weighted by molar-refractivity contribution is 6.74. The van der Waals surface area contributed by atoms with Crippen LogP contribution in [0.5, 0.6) is 0 Å². The van der Waals surface area contributed by atoms with Crippen molar-refractivity contribution in [2.24, 2.45) is 11.3 Å². The largest absolute Gasteiger partial charge is 0.414 e. The first-order valence-electron chi connectivity index (χ1n) is 10.3. The van der Waals surface area contributed by atoms with Crippen molar-refractivity contribution >= 4 is 8.32 Å². The van der Waals surface area contributed by atoms with E-state index in [0.717, 1.165) is 0 Å². The van der Waals surface area contributed by atoms with E-state index >= 15 is 0 Å². The molecule has 0 heterocycles. The third kappa shape index (κ3) is 4.09. The number of aliphatic hydroxyl groups is 2. The summed E-state index contributed by atoms with van der Waals surface area (Å²) < 4.78 is 13.2. The number of rotatable bonds is 5. The summed E-state index contributed by atoms with van der Waals surface area (Å²) in [5.41, 5.74) is -2.05. The van der Waals surface area contributed by atoms with Crippen LogP contribution >= 0.6 is 0 Å². The van der Waals surface area contributed by atoms with Gasteiger partial charge in [-0.2, -0.15) is 0 Å². The van der Waals surface area contributed by atoms with Crippen molar-refractivity contribution in [1.29, 1.82) is 0 Å². The molecule has 0 amide bonds. The van der Waals surface area contributed by atoms with E-state index in [0.29, 0.717) is 19.3 Å². The van der Waals surface area contributed by atoms with E-state index in [1.54, 1.807) is 6.08 Å².